The van der Waals surface area contributed by atoms with Crippen molar-refractivity contribution in [3.8, 4) is 0 Å². The Morgan fingerprint density at radius 2 is 1.81 bits per heavy atom. The van der Waals surface area contributed by atoms with E-state index in [-0.39, 0.29) is 0 Å². The van der Waals surface area contributed by atoms with Gasteiger partial charge in [-0.2, -0.15) is 0 Å². The standard InChI is InChI=1S/C18H22N6OS/c1-3-24-17(23-8-10-25-11-9-23)21-22-18(24)26-12-16-13(2)19-14-6-4-5-7-15(14)20-16/h4-7H,3,8-12H2,1-2H3. The van der Waals surface area contributed by atoms with Crippen molar-refractivity contribution < 1.29 is 4.74 Å². The van der Waals surface area contributed by atoms with Crippen LogP contribution in [0.5, 0.6) is 0 Å². The van der Waals surface area contributed by atoms with E-state index in [0.29, 0.717) is 0 Å². The van der Waals surface area contributed by atoms with Crippen molar-refractivity contribution in [3.63, 3.8) is 0 Å². The molecule has 7 nitrogen and oxygen atoms in total. The number of aryl methyl sites for hydroxylation is 1. The zero-order chi connectivity index (χ0) is 17.9. The molecule has 4 rings (SSSR count). The number of hydrogen-bond acceptors (Lipinski definition) is 7. The Morgan fingerprint density at radius 1 is 1.08 bits per heavy atom. The van der Waals surface area contributed by atoms with E-state index >= 15 is 0 Å². The van der Waals surface area contributed by atoms with Crippen molar-refractivity contribution in [2.24, 2.45) is 0 Å². The van der Waals surface area contributed by atoms with Gasteiger partial charge in [0, 0.05) is 25.4 Å². The first-order valence-electron chi connectivity index (χ1n) is 8.87. The summed E-state index contributed by atoms with van der Waals surface area (Å²) >= 11 is 1.66. The van der Waals surface area contributed by atoms with Crippen LogP contribution in [-0.2, 0) is 17.0 Å². The number of aromatic nitrogens is 5. The third kappa shape index (κ3) is 3.39. The molecule has 0 aliphatic carbocycles. The van der Waals surface area contributed by atoms with Gasteiger partial charge in [0.05, 0.1) is 35.6 Å². The number of morpholine rings is 1. The first-order chi connectivity index (χ1) is 12.8. The van der Waals surface area contributed by atoms with Gasteiger partial charge in [0.2, 0.25) is 5.95 Å². The monoisotopic (exact) mass is 370 g/mol. The maximum Gasteiger partial charge on any atom is 0.228 e. The first kappa shape index (κ1) is 17.2. The van der Waals surface area contributed by atoms with Gasteiger partial charge in [-0.15, -0.1) is 10.2 Å². The molecule has 8 heteroatoms. The number of para-hydroxylation sites is 2. The van der Waals surface area contributed by atoms with Crippen molar-refractivity contribution in [3.05, 3.63) is 35.7 Å². The predicted octanol–water partition coefficient (Wildman–Crippen LogP) is 2.68. The lowest BCUT2D eigenvalue weighted by atomic mass is 10.2. The summed E-state index contributed by atoms with van der Waals surface area (Å²) in [6.07, 6.45) is 0. The summed E-state index contributed by atoms with van der Waals surface area (Å²) in [5.41, 5.74) is 3.82. The van der Waals surface area contributed by atoms with Crippen molar-refractivity contribution in [2.75, 3.05) is 31.2 Å². The molecule has 0 saturated carbocycles. The van der Waals surface area contributed by atoms with Crippen LogP contribution >= 0.6 is 11.8 Å². The van der Waals surface area contributed by atoms with Crippen molar-refractivity contribution >= 4 is 28.7 Å². The van der Waals surface area contributed by atoms with Gasteiger partial charge in [0.15, 0.2) is 5.16 Å². The molecule has 2 aromatic heterocycles. The van der Waals surface area contributed by atoms with E-state index in [0.717, 1.165) is 72.1 Å². The Balaban J connectivity index is 1.54. The maximum absolute atomic E-state index is 5.44. The number of ether oxygens (including phenoxy) is 1. The lowest BCUT2D eigenvalue weighted by Gasteiger charge is -2.27. The number of nitrogens with zero attached hydrogens (tertiary/aromatic N) is 6. The fourth-order valence-electron chi connectivity index (χ4n) is 3.06. The van der Waals surface area contributed by atoms with E-state index in [1.54, 1.807) is 11.8 Å². The average molecular weight is 370 g/mol. The quantitative estimate of drug-likeness (QED) is 0.640. The Bertz CT molecular complexity index is 906. The summed E-state index contributed by atoms with van der Waals surface area (Å²) in [5.74, 6) is 1.66. The highest BCUT2D eigenvalue weighted by Gasteiger charge is 2.20. The molecule has 1 fully saturated rings. The topological polar surface area (TPSA) is 69.0 Å². The molecule has 0 bridgehead atoms. The second-order valence-electron chi connectivity index (χ2n) is 6.16. The molecule has 1 aliphatic rings. The Hall–Kier alpha value is -2.19. The highest BCUT2D eigenvalue weighted by Crippen LogP contribution is 2.26. The molecule has 3 heterocycles. The molecule has 26 heavy (non-hydrogen) atoms. The largest absolute Gasteiger partial charge is 0.378 e. The van der Waals surface area contributed by atoms with Gasteiger partial charge in [0.1, 0.15) is 0 Å². The van der Waals surface area contributed by atoms with Gasteiger partial charge in [-0.25, -0.2) is 9.97 Å². The van der Waals surface area contributed by atoms with Crippen LogP contribution in [-0.4, -0.2) is 51.0 Å². The molecule has 1 aliphatic heterocycles. The van der Waals surface area contributed by atoms with Crippen LogP contribution in [0.2, 0.25) is 0 Å². The molecule has 136 valence electrons. The van der Waals surface area contributed by atoms with Gasteiger partial charge >= 0.3 is 0 Å². The average Bonchev–Trinajstić information content (AvgIpc) is 3.10. The summed E-state index contributed by atoms with van der Waals surface area (Å²) in [6.45, 7) is 8.17. The van der Waals surface area contributed by atoms with Crippen molar-refractivity contribution in [1.29, 1.82) is 0 Å². The molecule has 1 aromatic carbocycles. The van der Waals surface area contributed by atoms with Gasteiger partial charge in [-0.1, -0.05) is 23.9 Å². The van der Waals surface area contributed by atoms with Gasteiger partial charge < -0.3 is 9.64 Å². The van der Waals surface area contributed by atoms with Crippen LogP contribution in [0.4, 0.5) is 5.95 Å². The molecular formula is C18H22N6OS. The first-order valence-corrected chi connectivity index (χ1v) is 9.85. The van der Waals surface area contributed by atoms with Crippen molar-refractivity contribution in [1.82, 2.24) is 24.7 Å². The Labute approximate surface area is 156 Å². The van der Waals surface area contributed by atoms with E-state index in [4.69, 9.17) is 9.72 Å². The molecule has 3 aromatic rings. The highest BCUT2D eigenvalue weighted by atomic mass is 32.2. The molecule has 0 N–H and O–H groups in total. The maximum atomic E-state index is 5.44. The third-order valence-corrected chi connectivity index (χ3v) is 5.47. The molecule has 0 atom stereocenters. The summed E-state index contributed by atoms with van der Waals surface area (Å²) in [4.78, 5) is 11.7. The van der Waals surface area contributed by atoms with Crippen molar-refractivity contribution in [2.45, 2.75) is 31.3 Å². The minimum Gasteiger partial charge on any atom is -0.378 e. The normalized spacial score (nSPS) is 14.9. The number of anilines is 1. The molecule has 0 spiro atoms. The van der Waals surface area contributed by atoms with Crippen LogP contribution in [0.25, 0.3) is 11.0 Å². The Kier molecular flexibility index (Phi) is 5.03. The number of rotatable bonds is 5. The second-order valence-corrected chi connectivity index (χ2v) is 7.10. The van der Waals surface area contributed by atoms with Crippen LogP contribution in [0.1, 0.15) is 18.3 Å². The molecular weight excluding hydrogens is 348 g/mol. The minimum absolute atomic E-state index is 0.727. The van der Waals surface area contributed by atoms with Gasteiger partial charge in [0.25, 0.3) is 0 Å². The molecule has 1 saturated heterocycles. The summed E-state index contributed by atoms with van der Waals surface area (Å²) < 4.78 is 7.60. The second kappa shape index (κ2) is 7.59. The number of thioether (sulfide) groups is 1. The van der Waals surface area contributed by atoms with Crippen LogP contribution < -0.4 is 4.90 Å². The number of benzene rings is 1. The van der Waals surface area contributed by atoms with E-state index in [9.17, 15) is 0 Å². The summed E-state index contributed by atoms with van der Waals surface area (Å²) in [5, 5.41) is 9.76. The lowest BCUT2D eigenvalue weighted by molar-refractivity contribution is 0.121. The van der Waals surface area contributed by atoms with E-state index in [1.807, 2.05) is 31.2 Å². The number of fused-ring (bicyclic) bond motifs is 1. The van der Waals surface area contributed by atoms with Gasteiger partial charge in [-0.05, 0) is 26.0 Å². The van der Waals surface area contributed by atoms with Crippen LogP contribution in [0, 0.1) is 6.92 Å². The smallest absolute Gasteiger partial charge is 0.228 e. The Morgan fingerprint density at radius 3 is 2.54 bits per heavy atom. The molecule has 0 amide bonds. The predicted molar refractivity (Wildman–Crippen MR) is 103 cm³/mol. The number of hydrogen-bond donors (Lipinski definition) is 0. The minimum atomic E-state index is 0.727. The summed E-state index contributed by atoms with van der Waals surface area (Å²) in [6, 6.07) is 7.98. The van der Waals surface area contributed by atoms with Crippen LogP contribution in [0.15, 0.2) is 29.4 Å². The lowest BCUT2D eigenvalue weighted by Crippen LogP contribution is -2.38. The fraction of sp³-hybridized carbons (Fsp3) is 0.444. The van der Waals surface area contributed by atoms with Gasteiger partial charge in [-0.3, -0.25) is 4.57 Å². The zero-order valence-electron chi connectivity index (χ0n) is 15.1. The van der Waals surface area contributed by atoms with E-state index in [1.165, 1.54) is 0 Å². The SMILES string of the molecule is CCn1c(SCc2nc3ccccc3nc2C)nnc1N1CCOCC1. The van der Waals surface area contributed by atoms with E-state index in [2.05, 4.69) is 31.6 Å². The highest BCUT2D eigenvalue weighted by molar-refractivity contribution is 7.98. The van der Waals surface area contributed by atoms with E-state index < -0.39 is 0 Å². The fourth-order valence-corrected chi connectivity index (χ4v) is 4.06. The third-order valence-electron chi connectivity index (χ3n) is 4.49. The molecule has 0 radical (unpaired) electrons. The molecule has 0 unspecified atom stereocenters. The van der Waals surface area contributed by atoms with Crippen LogP contribution in [0.3, 0.4) is 0 Å². The summed E-state index contributed by atoms with van der Waals surface area (Å²) in [7, 11) is 0. The zero-order valence-corrected chi connectivity index (χ0v) is 15.9.